The highest BCUT2D eigenvalue weighted by atomic mass is 19.1. The molecule has 0 N–H and O–H groups in total. The van der Waals surface area contributed by atoms with Crippen molar-refractivity contribution in [3.8, 4) is 0 Å². The van der Waals surface area contributed by atoms with Gasteiger partial charge in [0.25, 0.3) is 0 Å². The molecule has 3 aliphatic heterocycles. The molecule has 2 aromatic carbocycles. The van der Waals surface area contributed by atoms with Crippen LogP contribution in [0.2, 0.25) is 0 Å². The summed E-state index contributed by atoms with van der Waals surface area (Å²) in [5.41, 5.74) is 1.26. The molecule has 3 heterocycles. The zero-order valence-corrected chi connectivity index (χ0v) is 24.5. The van der Waals surface area contributed by atoms with Crippen molar-refractivity contribution in [3.05, 3.63) is 95.8 Å². The number of rotatable bonds is 7. The molecule has 2 aromatic rings. The highest BCUT2D eigenvalue weighted by Crippen LogP contribution is 2.49. The fourth-order valence-corrected chi connectivity index (χ4v) is 6.49. The van der Waals surface area contributed by atoms with Gasteiger partial charge >= 0.3 is 35.7 Å². The minimum Gasteiger partial charge on any atom is -0.397 e. The summed E-state index contributed by atoms with van der Waals surface area (Å²) < 4.78 is 43.9. The molecule has 0 unspecified atom stereocenters. The van der Waals surface area contributed by atoms with Crippen LogP contribution in [0.3, 0.4) is 0 Å². The molecule has 0 bridgehead atoms. The van der Waals surface area contributed by atoms with Crippen LogP contribution in [-0.2, 0) is 49.5 Å². The molecule has 12 heteroatoms. The summed E-state index contributed by atoms with van der Waals surface area (Å²) in [4.78, 5) is 56.0. The number of fused-ring (bicyclic) bond motifs is 1. The Bertz CT molecular complexity index is 1460. The Kier molecular flexibility index (Phi) is 8.79. The molecule has 1 atom stereocenters. The van der Waals surface area contributed by atoms with Crippen LogP contribution in [-0.4, -0.2) is 71.2 Å². The molecule has 2 fully saturated rings. The molecular weight excluding hydrogens is 587 g/mol. The van der Waals surface area contributed by atoms with Crippen LogP contribution in [0.25, 0.3) is 0 Å². The summed E-state index contributed by atoms with van der Waals surface area (Å²) in [5, 5.41) is 0. The highest BCUT2D eigenvalue weighted by molar-refractivity contribution is 5.95. The minimum atomic E-state index is -2.60. The zero-order valence-electron chi connectivity index (χ0n) is 24.5. The lowest BCUT2D eigenvalue weighted by Crippen LogP contribution is -2.82. The van der Waals surface area contributed by atoms with E-state index in [9.17, 15) is 23.6 Å². The van der Waals surface area contributed by atoms with E-state index in [1.807, 2.05) is 18.2 Å². The largest absolute Gasteiger partial charge is 0.420 e. The molecule has 2 spiro atoms. The summed E-state index contributed by atoms with van der Waals surface area (Å²) in [6, 6.07) is 14.0. The number of esters is 4. The monoisotopic (exact) mass is 620 g/mol. The molecule has 0 amide bonds. The van der Waals surface area contributed by atoms with Gasteiger partial charge in [0.05, 0.1) is 19.3 Å². The second kappa shape index (κ2) is 12.9. The molecule has 6 rings (SSSR count). The van der Waals surface area contributed by atoms with E-state index in [1.165, 1.54) is 17.0 Å². The third kappa shape index (κ3) is 6.13. The summed E-state index contributed by atoms with van der Waals surface area (Å²) in [6.07, 6.45) is 7.74. The van der Waals surface area contributed by atoms with E-state index in [0.29, 0.717) is 24.0 Å². The van der Waals surface area contributed by atoms with Crippen molar-refractivity contribution in [2.45, 2.75) is 62.6 Å². The molecule has 11 nitrogen and oxygen atoms in total. The first-order chi connectivity index (χ1) is 21.8. The second-order valence-corrected chi connectivity index (χ2v) is 11.3. The fraction of sp³-hybridized carbons (Fsp3) is 0.394. The topological polar surface area (TPSA) is 121 Å². The zero-order chi connectivity index (χ0) is 31.4. The Labute approximate surface area is 259 Å². The van der Waals surface area contributed by atoms with E-state index in [0.717, 1.165) is 43.6 Å². The number of carbonyl (C=O) groups excluding carboxylic acids is 4. The quantitative estimate of drug-likeness (QED) is 0.422. The van der Waals surface area contributed by atoms with Gasteiger partial charge in [0.2, 0.25) is 0 Å². The average molecular weight is 621 g/mol. The van der Waals surface area contributed by atoms with Crippen molar-refractivity contribution in [2.24, 2.45) is 0 Å². The van der Waals surface area contributed by atoms with Gasteiger partial charge < -0.3 is 23.7 Å². The molecule has 45 heavy (non-hydrogen) atoms. The van der Waals surface area contributed by atoms with Gasteiger partial charge in [-0.25, -0.2) is 33.4 Å². The van der Waals surface area contributed by atoms with E-state index in [2.05, 4.69) is 0 Å². The maximum absolute atomic E-state index is 13.9. The first-order valence-electron chi connectivity index (χ1n) is 15.0. The van der Waals surface area contributed by atoms with E-state index in [1.54, 1.807) is 29.2 Å². The van der Waals surface area contributed by atoms with Crippen LogP contribution in [0.4, 0.5) is 4.39 Å². The lowest BCUT2D eigenvalue weighted by Gasteiger charge is -2.59. The lowest BCUT2D eigenvalue weighted by molar-refractivity contribution is -0.473. The number of ether oxygens (including phenoxy) is 5. The van der Waals surface area contributed by atoms with E-state index < -0.39 is 47.6 Å². The summed E-state index contributed by atoms with van der Waals surface area (Å²) in [5.74, 6) is -9.39. The van der Waals surface area contributed by atoms with Crippen molar-refractivity contribution in [3.63, 3.8) is 0 Å². The first-order valence-corrected chi connectivity index (χ1v) is 15.0. The van der Waals surface area contributed by atoms with Gasteiger partial charge in [0, 0.05) is 43.4 Å². The molecule has 1 saturated carbocycles. The van der Waals surface area contributed by atoms with E-state index >= 15 is 0 Å². The summed E-state index contributed by atoms with van der Waals surface area (Å²) >= 11 is 0. The first kappa shape index (κ1) is 30.6. The van der Waals surface area contributed by atoms with Crippen LogP contribution < -0.4 is 0 Å². The predicted octanol–water partition coefficient (Wildman–Crippen LogP) is 3.65. The predicted molar refractivity (Wildman–Crippen MR) is 154 cm³/mol. The van der Waals surface area contributed by atoms with E-state index in [4.69, 9.17) is 23.7 Å². The fourth-order valence-electron chi connectivity index (χ4n) is 6.49. The number of nitrogens with zero attached hydrogens (tertiary/aromatic N) is 2. The van der Waals surface area contributed by atoms with Crippen LogP contribution in [0.15, 0.2) is 78.9 Å². The SMILES string of the molecule is O=C1C=CC(=O)OC2(O1)N(C1CCCCC1)CCN([C@@H](COCc1cccc(F)c1)c1ccccc1)C21OC(=O)C=CC(=O)O1. The molecule has 4 aliphatic rings. The van der Waals surface area contributed by atoms with Crippen LogP contribution in [0.1, 0.15) is 49.3 Å². The maximum atomic E-state index is 13.9. The van der Waals surface area contributed by atoms with Crippen molar-refractivity contribution in [1.29, 1.82) is 0 Å². The summed E-state index contributed by atoms with van der Waals surface area (Å²) in [7, 11) is 0. The Hall–Kier alpha value is -4.39. The van der Waals surface area contributed by atoms with Gasteiger partial charge in [-0.3, -0.25) is 0 Å². The molecule has 1 saturated heterocycles. The normalized spacial score (nSPS) is 22.7. The third-order valence-corrected chi connectivity index (χ3v) is 8.41. The number of carbonyl (C=O) groups is 4. The Morgan fingerprint density at radius 1 is 0.756 bits per heavy atom. The second-order valence-electron chi connectivity index (χ2n) is 11.3. The van der Waals surface area contributed by atoms with Crippen molar-refractivity contribution >= 4 is 23.9 Å². The van der Waals surface area contributed by atoms with Gasteiger partial charge in [-0.15, -0.1) is 0 Å². The summed E-state index contributed by atoms with van der Waals surface area (Å²) in [6.45, 7) is 0.272. The van der Waals surface area contributed by atoms with Gasteiger partial charge in [0.15, 0.2) is 0 Å². The standard InChI is InChI=1S/C33H33FN2O9/c34-25-11-7-8-23(20-25)21-41-22-27(24-9-3-1-4-10-24)36-19-18-35(26-12-5-2-6-13-26)32(42-28(37)14-15-29(38)43-32)33(36)44-30(39)16-17-31(40)45-33/h1,3-4,7-11,14-17,20,26-27H,2,5-6,12-13,18-19,21-22H2/t27-/m0/s1. The van der Waals surface area contributed by atoms with Gasteiger partial charge in [-0.2, -0.15) is 0 Å². The van der Waals surface area contributed by atoms with E-state index in [-0.39, 0.29) is 32.3 Å². The van der Waals surface area contributed by atoms with Crippen LogP contribution in [0, 0.1) is 5.82 Å². The Morgan fingerprint density at radius 3 is 1.96 bits per heavy atom. The highest BCUT2D eigenvalue weighted by Gasteiger charge is 2.76. The minimum absolute atomic E-state index is 0.0380. The number of benzene rings is 2. The van der Waals surface area contributed by atoms with Crippen LogP contribution >= 0.6 is 0 Å². The van der Waals surface area contributed by atoms with Crippen molar-refractivity contribution in [1.82, 2.24) is 9.80 Å². The molecule has 236 valence electrons. The van der Waals surface area contributed by atoms with Crippen LogP contribution in [0.5, 0.6) is 0 Å². The number of piperazine rings is 1. The molecule has 0 radical (unpaired) electrons. The van der Waals surface area contributed by atoms with Crippen molar-refractivity contribution in [2.75, 3.05) is 19.7 Å². The molecular formula is C33H33FN2O9. The van der Waals surface area contributed by atoms with Gasteiger partial charge in [-0.1, -0.05) is 61.7 Å². The maximum Gasteiger partial charge on any atom is 0.420 e. The van der Waals surface area contributed by atoms with Crippen molar-refractivity contribution < 1.29 is 47.3 Å². The number of halogens is 1. The Balaban J connectivity index is 1.48. The molecule has 1 aliphatic carbocycles. The average Bonchev–Trinajstić information content (AvgIpc) is 3.29. The smallest absolute Gasteiger partial charge is 0.397 e. The number of hydrogen-bond acceptors (Lipinski definition) is 11. The third-order valence-electron chi connectivity index (χ3n) is 8.41. The number of hydrogen-bond donors (Lipinski definition) is 0. The molecule has 0 aromatic heterocycles. The lowest BCUT2D eigenvalue weighted by atomic mass is 9.91. The Morgan fingerprint density at radius 2 is 1.36 bits per heavy atom. The van der Waals surface area contributed by atoms with Gasteiger partial charge in [0.1, 0.15) is 5.82 Å². The van der Waals surface area contributed by atoms with Gasteiger partial charge in [-0.05, 0) is 36.1 Å².